The molecule has 0 aliphatic heterocycles. The van der Waals surface area contributed by atoms with Crippen LogP contribution >= 0.6 is 15.9 Å². The van der Waals surface area contributed by atoms with Crippen LogP contribution in [0.2, 0.25) is 0 Å². The molecule has 2 nitrogen and oxygen atoms in total. The van der Waals surface area contributed by atoms with Crippen molar-refractivity contribution in [3.8, 4) is 5.75 Å². The molecule has 0 aliphatic rings. The zero-order valence-electron chi connectivity index (χ0n) is 10.4. The molecule has 0 aliphatic carbocycles. The minimum Gasteiger partial charge on any atom is -0.483 e. The van der Waals surface area contributed by atoms with Crippen LogP contribution in [0.5, 0.6) is 5.75 Å². The molecule has 102 valence electrons. The van der Waals surface area contributed by atoms with Gasteiger partial charge in [0.1, 0.15) is 6.61 Å². The summed E-state index contributed by atoms with van der Waals surface area (Å²) < 4.78 is 31.8. The largest absolute Gasteiger partial charge is 0.483 e. The van der Waals surface area contributed by atoms with Gasteiger partial charge in [-0.3, -0.25) is 0 Å². The van der Waals surface area contributed by atoms with Gasteiger partial charge in [-0.05, 0) is 11.4 Å². The lowest BCUT2D eigenvalue weighted by Gasteiger charge is -2.08. The molecule has 2 N–H and O–H groups in total. The number of ether oxygens (including phenoxy) is 1. The first kappa shape index (κ1) is 15.4. The Labute approximate surface area is 119 Å². The van der Waals surface area contributed by atoms with E-state index in [-0.39, 0.29) is 12.3 Å². The molecule has 2 aromatic carbocycles. The molecule has 0 spiro atoms. The monoisotopic (exact) mass is 329 g/mol. The molecular weight excluding hydrogens is 316 g/mol. The molecule has 2 rings (SSSR count). The van der Waals surface area contributed by atoms with Gasteiger partial charge in [-0.15, -0.1) is 0 Å². The van der Waals surface area contributed by atoms with Crippen LogP contribution < -0.4 is 10.5 Å². The zero-order chi connectivity index (χ0) is 14.3. The lowest BCUT2D eigenvalue weighted by Crippen LogP contribution is -2.01. The third kappa shape index (κ3) is 4.52. The molecule has 0 saturated carbocycles. The first-order valence-corrected chi connectivity index (χ1v) is 7.04. The van der Waals surface area contributed by atoms with Crippen molar-refractivity contribution in [1.82, 2.24) is 0 Å². The third-order valence-electron chi connectivity index (χ3n) is 2.25. The average molecular weight is 330 g/mol. The van der Waals surface area contributed by atoms with Crippen molar-refractivity contribution >= 4 is 21.6 Å². The molecule has 0 amide bonds. The second kappa shape index (κ2) is 7.74. The first-order valence-electron chi connectivity index (χ1n) is 5.46. The van der Waals surface area contributed by atoms with Crippen molar-refractivity contribution in [1.29, 1.82) is 0 Å². The highest BCUT2D eigenvalue weighted by Crippen LogP contribution is 2.25. The Bertz CT molecular complexity index is 497. The maximum Gasteiger partial charge on any atom is 0.191 e. The van der Waals surface area contributed by atoms with Gasteiger partial charge in [0.25, 0.3) is 0 Å². The highest BCUT2D eigenvalue weighted by molar-refractivity contribution is 9.08. The van der Waals surface area contributed by atoms with E-state index < -0.39 is 17.4 Å². The average Bonchev–Trinajstić information content (AvgIpc) is 2.41. The quantitative estimate of drug-likeness (QED) is 0.678. The second-order valence-electron chi connectivity index (χ2n) is 3.59. The van der Waals surface area contributed by atoms with Gasteiger partial charge in [0, 0.05) is 17.8 Å². The zero-order valence-corrected chi connectivity index (χ0v) is 12.0. The number of alkyl halides is 1. The van der Waals surface area contributed by atoms with Crippen molar-refractivity contribution in [2.24, 2.45) is 0 Å². The number of halogens is 3. The highest BCUT2D eigenvalue weighted by atomic mass is 79.9. The fraction of sp³-hybridized carbons (Fsp3) is 0.143. The maximum atomic E-state index is 13.4. The van der Waals surface area contributed by atoms with E-state index in [1.807, 2.05) is 36.2 Å². The van der Waals surface area contributed by atoms with Crippen molar-refractivity contribution < 1.29 is 13.5 Å². The van der Waals surface area contributed by atoms with Crippen LogP contribution in [0.3, 0.4) is 0 Å². The van der Waals surface area contributed by atoms with E-state index in [0.717, 1.165) is 17.7 Å². The lowest BCUT2D eigenvalue weighted by molar-refractivity contribution is 0.274. The molecule has 0 atom stereocenters. The van der Waals surface area contributed by atoms with Gasteiger partial charge >= 0.3 is 0 Å². The maximum absolute atomic E-state index is 13.4. The number of anilines is 1. The van der Waals surface area contributed by atoms with Crippen LogP contribution in [-0.4, -0.2) is 5.83 Å². The van der Waals surface area contributed by atoms with Gasteiger partial charge in [-0.25, -0.2) is 8.78 Å². The third-order valence-corrected chi connectivity index (χ3v) is 2.25. The van der Waals surface area contributed by atoms with Gasteiger partial charge in [0.2, 0.25) is 0 Å². The Kier molecular flexibility index (Phi) is 6.29. The topological polar surface area (TPSA) is 35.2 Å². The predicted molar refractivity (Wildman–Crippen MR) is 76.4 cm³/mol. The van der Waals surface area contributed by atoms with E-state index in [1.165, 1.54) is 0 Å². The highest BCUT2D eigenvalue weighted by Gasteiger charge is 2.11. The first-order chi connectivity index (χ1) is 9.16. The molecule has 0 unspecified atom stereocenters. The SMILES string of the molecule is CBr.Nc1cc(F)c(OCc2ccccc2)c(F)c1. The standard InChI is InChI=1S/C13H11F2NO.CH3Br/c14-11-6-10(16)7-12(15)13(11)17-8-9-4-2-1-3-5-9;1-2/h1-7H,8,16H2;1H3. The molecular formula is C14H14BrF2NO. The lowest BCUT2D eigenvalue weighted by atomic mass is 10.2. The summed E-state index contributed by atoms with van der Waals surface area (Å²) in [6, 6.07) is 11.2. The summed E-state index contributed by atoms with van der Waals surface area (Å²) in [4.78, 5) is 0. The number of nitrogen functional groups attached to an aromatic ring is 1. The van der Waals surface area contributed by atoms with Crippen molar-refractivity contribution in [3.63, 3.8) is 0 Å². The number of nitrogens with two attached hydrogens (primary N) is 1. The number of benzene rings is 2. The van der Waals surface area contributed by atoms with Crippen molar-refractivity contribution in [2.75, 3.05) is 11.6 Å². The van der Waals surface area contributed by atoms with E-state index in [1.54, 1.807) is 0 Å². The van der Waals surface area contributed by atoms with E-state index in [9.17, 15) is 8.78 Å². The minimum atomic E-state index is -0.793. The summed E-state index contributed by atoms with van der Waals surface area (Å²) in [6.45, 7) is 0.110. The summed E-state index contributed by atoms with van der Waals surface area (Å²) >= 11 is 2.94. The van der Waals surface area contributed by atoms with Crippen LogP contribution in [-0.2, 0) is 6.61 Å². The van der Waals surface area contributed by atoms with Gasteiger partial charge in [-0.2, -0.15) is 0 Å². The second-order valence-corrected chi connectivity index (χ2v) is 3.59. The number of hydrogen-bond donors (Lipinski definition) is 1. The van der Waals surface area contributed by atoms with Crippen molar-refractivity contribution in [2.45, 2.75) is 6.61 Å². The van der Waals surface area contributed by atoms with E-state index in [0.29, 0.717) is 0 Å². The predicted octanol–water partition coefficient (Wildman–Crippen LogP) is 4.14. The van der Waals surface area contributed by atoms with Gasteiger partial charge in [0.05, 0.1) is 0 Å². The number of rotatable bonds is 3. The van der Waals surface area contributed by atoms with E-state index in [4.69, 9.17) is 10.5 Å². The van der Waals surface area contributed by atoms with Crippen LogP contribution in [0.4, 0.5) is 14.5 Å². The smallest absolute Gasteiger partial charge is 0.191 e. The van der Waals surface area contributed by atoms with Crippen LogP contribution in [0, 0.1) is 11.6 Å². The fourth-order valence-corrected chi connectivity index (χ4v) is 1.45. The Morgan fingerprint density at radius 2 is 1.58 bits per heavy atom. The molecule has 0 saturated heterocycles. The Morgan fingerprint density at radius 3 is 2.11 bits per heavy atom. The molecule has 19 heavy (non-hydrogen) atoms. The van der Waals surface area contributed by atoms with Crippen LogP contribution in [0.15, 0.2) is 42.5 Å². The fourth-order valence-electron chi connectivity index (χ4n) is 1.45. The number of hydrogen-bond acceptors (Lipinski definition) is 2. The Hall–Kier alpha value is -1.62. The molecule has 0 fully saturated rings. The van der Waals surface area contributed by atoms with Gasteiger partial charge in [0.15, 0.2) is 17.4 Å². The van der Waals surface area contributed by atoms with Crippen LogP contribution in [0.25, 0.3) is 0 Å². The molecule has 0 bridgehead atoms. The molecule has 2 aromatic rings. The van der Waals surface area contributed by atoms with E-state index >= 15 is 0 Å². The summed E-state index contributed by atoms with van der Waals surface area (Å²) in [6.07, 6.45) is 0. The van der Waals surface area contributed by atoms with Crippen LogP contribution in [0.1, 0.15) is 5.56 Å². The molecule has 0 aromatic heterocycles. The molecule has 5 heteroatoms. The summed E-state index contributed by atoms with van der Waals surface area (Å²) in [5.41, 5.74) is 6.17. The molecule has 0 radical (unpaired) electrons. The molecule has 0 heterocycles. The summed E-state index contributed by atoms with van der Waals surface area (Å²) in [7, 11) is 0. The van der Waals surface area contributed by atoms with Gasteiger partial charge in [-0.1, -0.05) is 46.3 Å². The van der Waals surface area contributed by atoms with E-state index in [2.05, 4.69) is 15.9 Å². The van der Waals surface area contributed by atoms with Gasteiger partial charge < -0.3 is 10.5 Å². The minimum absolute atomic E-state index is 0.0343. The van der Waals surface area contributed by atoms with Crippen molar-refractivity contribution in [3.05, 3.63) is 59.7 Å². The Morgan fingerprint density at radius 1 is 1.05 bits per heavy atom. The summed E-state index contributed by atoms with van der Waals surface area (Å²) in [5, 5.41) is 0. The Balaban J connectivity index is 0.000000861. The summed E-state index contributed by atoms with van der Waals surface area (Å²) in [5.74, 6) is -0.174. The normalized spacial score (nSPS) is 9.47.